The Morgan fingerprint density at radius 1 is 1.22 bits per heavy atom. The monoisotopic (exact) mass is 251 g/mol. The second-order valence-corrected chi connectivity index (χ2v) is 4.57. The Bertz CT molecular complexity index is 351. The average Bonchev–Trinajstić information content (AvgIpc) is 2.34. The van der Waals surface area contributed by atoms with Gasteiger partial charge in [0, 0.05) is 0 Å². The minimum absolute atomic E-state index is 0.222. The predicted octanol–water partition coefficient (Wildman–Crippen LogP) is 1.98. The molecule has 0 amide bonds. The van der Waals surface area contributed by atoms with Gasteiger partial charge in [0.15, 0.2) is 0 Å². The van der Waals surface area contributed by atoms with Gasteiger partial charge in [0.2, 0.25) is 0 Å². The van der Waals surface area contributed by atoms with Crippen LogP contribution in [-0.4, -0.2) is 25.2 Å². The smallest absolute Gasteiger partial charge is 0.323 e. The lowest BCUT2D eigenvalue weighted by Gasteiger charge is -2.13. The summed E-state index contributed by atoms with van der Waals surface area (Å²) in [7, 11) is 0. The summed E-state index contributed by atoms with van der Waals surface area (Å²) in [5.74, 6) is 0.786. The van der Waals surface area contributed by atoms with Gasteiger partial charge in [0.1, 0.15) is 25.0 Å². The van der Waals surface area contributed by atoms with Crippen molar-refractivity contribution in [2.24, 2.45) is 11.7 Å². The van der Waals surface area contributed by atoms with Crippen LogP contribution in [0.25, 0.3) is 0 Å². The lowest BCUT2D eigenvalue weighted by Crippen LogP contribution is -2.34. The lowest BCUT2D eigenvalue weighted by atomic mass is 10.1. The van der Waals surface area contributed by atoms with Crippen molar-refractivity contribution in [1.29, 1.82) is 0 Å². The van der Waals surface area contributed by atoms with Gasteiger partial charge in [0.25, 0.3) is 0 Å². The molecule has 18 heavy (non-hydrogen) atoms. The molecule has 4 nitrogen and oxygen atoms in total. The summed E-state index contributed by atoms with van der Waals surface area (Å²) in [6, 6.07) is 8.86. The summed E-state index contributed by atoms with van der Waals surface area (Å²) in [4.78, 5) is 11.5. The van der Waals surface area contributed by atoms with Crippen LogP contribution in [-0.2, 0) is 9.53 Å². The van der Waals surface area contributed by atoms with Gasteiger partial charge in [0.05, 0.1) is 0 Å². The first-order valence-corrected chi connectivity index (χ1v) is 6.19. The first-order valence-electron chi connectivity index (χ1n) is 6.19. The normalized spacial score (nSPS) is 12.2. The van der Waals surface area contributed by atoms with Gasteiger partial charge >= 0.3 is 5.97 Å². The molecule has 2 N–H and O–H groups in total. The van der Waals surface area contributed by atoms with Crippen molar-refractivity contribution >= 4 is 5.97 Å². The van der Waals surface area contributed by atoms with Gasteiger partial charge in [-0.25, -0.2) is 0 Å². The van der Waals surface area contributed by atoms with E-state index < -0.39 is 6.04 Å². The number of ether oxygens (including phenoxy) is 2. The van der Waals surface area contributed by atoms with Crippen LogP contribution in [0.3, 0.4) is 0 Å². The van der Waals surface area contributed by atoms with Crippen LogP contribution in [0.4, 0.5) is 0 Å². The van der Waals surface area contributed by atoms with Gasteiger partial charge in [-0.2, -0.15) is 0 Å². The Kier molecular flexibility index (Phi) is 6.22. The van der Waals surface area contributed by atoms with E-state index in [1.54, 1.807) is 0 Å². The van der Waals surface area contributed by atoms with Crippen molar-refractivity contribution in [3.63, 3.8) is 0 Å². The molecule has 1 aromatic rings. The molecule has 0 saturated carbocycles. The molecule has 0 radical (unpaired) electrons. The highest BCUT2D eigenvalue weighted by Gasteiger charge is 2.16. The topological polar surface area (TPSA) is 61.6 Å². The molecular formula is C14H21NO3. The number of esters is 1. The standard InChI is InChI=1S/C14H21NO3/c1-11(2)10-13(15)14(16)18-9-8-17-12-6-4-3-5-7-12/h3-7,11,13H,8-10,15H2,1-2H3. The van der Waals surface area contributed by atoms with E-state index in [0.29, 0.717) is 18.9 Å². The largest absolute Gasteiger partial charge is 0.490 e. The number of nitrogens with two attached hydrogens (primary N) is 1. The number of carbonyl (C=O) groups excluding carboxylic acids is 1. The number of rotatable bonds is 7. The fourth-order valence-electron chi connectivity index (χ4n) is 1.53. The van der Waals surface area contributed by atoms with Crippen molar-refractivity contribution in [2.45, 2.75) is 26.3 Å². The van der Waals surface area contributed by atoms with Crippen LogP contribution in [0, 0.1) is 5.92 Å². The number of benzene rings is 1. The molecule has 0 heterocycles. The first-order chi connectivity index (χ1) is 8.59. The van der Waals surface area contributed by atoms with Crippen LogP contribution >= 0.6 is 0 Å². The fourth-order valence-corrected chi connectivity index (χ4v) is 1.53. The molecule has 1 rings (SSSR count). The number of hydrogen-bond donors (Lipinski definition) is 1. The van der Waals surface area contributed by atoms with E-state index in [1.807, 2.05) is 44.2 Å². The summed E-state index contributed by atoms with van der Waals surface area (Å²) in [5.41, 5.74) is 5.70. The van der Waals surface area contributed by atoms with Crippen LogP contribution in [0.5, 0.6) is 5.75 Å². The van der Waals surface area contributed by atoms with Crippen LogP contribution in [0.2, 0.25) is 0 Å². The highest BCUT2D eigenvalue weighted by molar-refractivity contribution is 5.75. The molecule has 0 aromatic heterocycles. The van der Waals surface area contributed by atoms with E-state index in [1.165, 1.54) is 0 Å². The SMILES string of the molecule is CC(C)CC(N)C(=O)OCCOc1ccccc1. The van der Waals surface area contributed by atoms with Crippen LogP contribution < -0.4 is 10.5 Å². The van der Waals surface area contributed by atoms with E-state index in [-0.39, 0.29) is 12.6 Å². The maximum atomic E-state index is 11.5. The maximum Gasteiger partial charge on any atom is 0.323 e. The van der Waals surface area contributed by atoms with Gasteiger partial charge in [-0.05, 0) is 24.5 Å². The second-order valence-electron chi connectivity index (χ2n) is 4.57. The molecule has 0 saturated heterocycles. The van der Waals surface area contributed by atoms with Crippen LogP contribution in [0.1, 0.15) is 20.3 Å². The Morgan fingerprint density at radius 3 is 2.50 bits per heavy atom. The third-order valence-corrected chi connectivity index (χ3v) is 2.37. The molecule has 1 atom stereocenters. The van der Waals surface area contributed by atoms with Gasteiger partial charge < -0.3 is 15.2 Å². The molecule has 0 aliphatic carbocycles. The molecule has 1 unspecified atom stereocenters. The average molecular weight is 251 g/mol. The summed E-state index contributed by atoms with van der Waals surface area (Å²) >= 11 is 0. The highest BCUT2D eigenvalue weighted by Crippen LogP contribution is 2.08. The Hall–Kier alpha value is -1.55. The van der Waals surface area contributed by atoms with E-state index in [9.17, 15) is 4.79 Å². The summed E-state index contributed by atoms with van der Waals surface area (Å²) in [6.07, 6.45) is 0.637. The minimum Gasteiger partial charge on any atom is -0.490 e. The molecule has 0 spiro atoms. The Labute approximate surface area is 108 Å². The van der Waals surface area contributed by atoms with Gasteiger partial charge in [-0.15, -0.1) is 0 Å². The van der Waals surface area contributed by atoms with E-state index >= 15 is 0 Å². The molecule has 0 bridgehead atoms. The maximum absolute atomic E-state index is 11.5. The summed E-state index contributed by atoms with van der Waals surface area (Å²) in [6.45, 7) is 4.60. The third-order valence-electron chi connectivity index (χ3n) is 2.37. The molecule has 0 aliphatic heterocycles. The Balaban J connectivity index is 2.16. The quantitative estimate of drug-likeness (QED) is 0.594. The van der Waals surface area contributed by atoms with Gasteiger partial charge in [-0.1, -0.05) is 32.0 Å². The number of carbonyl (C=O) groups is 1. The lowest BCUT2D eigenvalue weighted by molar-refractivity contribution is -0.146. The summed E-state index contributed by atoms with van der Waals surface area (Å²) < 4.78 is 10.4. The minimum atomic E-state index is -0.540. The zero-order valence-electron chi connectivity index (χ0n) is 11.0. The number of para-hydroxylation sites is 1. The molecular weight excluding hydrogens is 230 g/mol. The van der Waals surface area contributed by atoms with Crippen molar-refractivity contribution in [3.8, 4) is 5.75 Å². The van der Waals surface area contributed by atoms with Crippen LogP contribution in [0.15, 0.2) is 30.3 Å². The van der Waals surface area contributed by atoms with Crippen molar-refractivity contribution < 1.29 is 14.3 Å². The first kappa shape index (κ1) is 14.5. The Morgan fingerprint density at radius 2 is 1.89 bits per heavy atom. The van der Waals surface area contributed by atoms with Gasteiger partial charge in [-0.3, -0.25) is 4.79 Å². The third kappa shape index (κ3) is 5.68. The van der Waals surface area contributed by atoms with E-state index in [0.717, 1.165) is 5.75 Å². The zero-order valence-corrected chi connectivity index (χ0v) is 11.0. The molecule has 0 fully saturated rings. The van der Waals surface area contributed by atoms with E-state index in [2.05, 4.69) is 0 Å². The number of hydrogen-bond acceptors (Lipinski definition) is 4. The van der Waals surface area contributed by atoms with Crippen molar-refractivity contribution in [2.75, 3.05) is 13.2 Å². The molecule has 0 aliphatic rings. The molecule has 100 valence electrons. The zero-order chi connectivity index (χ0) is 13.4. The fraction of sp³-hybridized carbons (Fsp3) is 0.500. The van der Waals surface area contributed by atoms with Crippen molar-refractivity contribution in [3.05, 3.63) is 30.3 Å². The predicted molar refractivity (Wildman–Crippen MR) is 70.3 cm³/mol. The second kappa shape index (κ2) is 7.71. The van der Waals surface area contributed by atoms with Crippen molar-refractivity contribution in [1.82, 2.24) is 0 Å². The highest BCUT2D eigenvalue weighted by atomic mass is 16.6. The van der Waals surface area contributed by atoms with E-state index in [4.69, 9.17) is 15.2 Å². The summed E-state index contributed by atoms with van der Waals surface area (Å²) in [5, 5.41) is 0. The molecule has 4 heteroatoms. The molecule has 1 aromatic carbocycles.